The molecule has 0 unspecified atom stereocenters. The fourth-order valence-corrected chi connectivity index (χ4v) is 4.69. The predicted octanol–water partition coefficient (Wildman–Crippen LogP) is 5.60. The van der Waals surface area contributed by atoms with E-state index in [1.807, 2.05) is 32.0 Å². The van der Waals surface area contributed by atoms with Crippen LogP contribution in [0.5, 0.6) is 5.75 Å². The fourth-order valence-electron chi connectivity index (χ4n) is 4.69. The molecule has 0 spiro atoms. The van der Waals surface area contributed by atoms with Crippen LogP contribution < -0.4 is 15.4 Å². The van der Waals surface area contributed by atoms with Crippen LogP contribution in [0.4, 0.5) is 17.5 Å². The van der Waals surface area contributed by atoms with Crippen molar-refractivity contribution >= 4 is 28.5 Å². The summed E-state index contributed by atoms with van der Waals surface area (Å²) in [4.78, 5) is 12.5. The van der Waals surface area contributed by atoms with Crippen molar-refractivity contribution in [3.8, 4) is 22.9 Å². The fraction of sp³-hybridized carbons (Fsp3) is 0.360. The van der Waals surface area contributed by atoms with Crippen LogP contribution in [0.25, 0.3) is 22.2 Å². The van der Waals surface area contributed by atoms with Crippen molar-refractivity contribution in [1.29, 1.82) is 5.26 Å². The number of benzene rings is 1. The second-order valence-corrected chi connectivity index (χ2v) is 8.65. The first-order chi connectivity index (χ1) is 16.6. The maximum Gasteiger partial charge on any atom is 0.231 e. The normalized spacial score (nSPS) is 14.2. The van der Waals surface area contributed by atoms with Gasteiger partial charge >= 0.3 is 0 Å². The molecule has 0 bridgehead atoms. The Balaban J connectivity index is 1.50. The zero-order valence-electron chi connectivity index (χ0n) is 19.5. The highest BCUT2D eigenvalue weighted by Crippen LogP contribution is 2.36. The number of methoxy groups -OCH3 is 1. The Morgan fingerprint density at radius 3 is 2.71 bits per heavy atom. The Kier molecular flexibility index (Phi) is 5.80. The molecule has 0 amide bonds. The van der Waals surface area contributed by atoms with E-state index in [0.29, 0.717) is 34.8 Å². The summed E-state index contributed by atoms with van der Waals surface area (Å²) in [5.41, 5.74) is 4.61. The lowest BCUT2D eigenvalue weighted by molar-refractivity contribution is 0.393. The summed E-state index contributed by atoms with van der Waals surface area (Å²) in [5, 5.41) is 21.2. The topological polar surface area (TPSA) is 125 Å². The highest BCUT2D eigenvalue weighted by molar-refractivity contribution is 5.94. The van der Waals surface area contributed by atoms with E-state index in [2.05, 4.69) is 31.8 Å². The van der Waals surface area contributed by atoms with Gasteiger partial charge in [-0.2, -0.15) is 15.2 Å². The number of aromatic amines is 1. The number of nitrogens with zero attached hydrogens (tertiary/aromatic N) is 4. The van der Waals surface area contributed by atoms with Gasteiger partial charge < -0.3 is 24.9 Å². The molecule has 0 aliphatic heterocycles. The zero-order chi connectivity index (χ0) is 23.7. The number of aryl methyl sites for hydroxylation is 2. The minimum Gasteiger partial charge on any atom is -0.495 e. The van der Waals surface area contributed by atoms with E-state index >= 15 is 0 Å². The van der Waals surface area contributed by atoms with Crippen LogP contribution >= 0.6 is 0 Å². The summed E-state index contributed by atoms with van der Waals surface area (Å²) in [5.74, 6) is 2.49. The molecular formula is C25H27N7O2. The molecule has 3 aromatic heterocycles. The molecule has 0 atom stereocenters. The minimum absolute atomic E-state index is 0.338. The summed E-state index contributed by atoms with van der Waals surface area (Å²) in [6, 6.07) is 8.43. The highest BCUT2D eigenvalue weighted by atomic mass is 16.5. The lowest BCUT2D eigenvalue weighted by Crippen LogP contribution is -2.23. The molecule has 1 saturated carbocycles. The van der Waals surface area contributed by atoms with Crippen LogP contribution in [0.15, 0.2) is 28.9 Å². The Morgan fingerprint density at radius 1 is 1.18 bits per heavy atom. The number of H-pyrrole nitrogens is 1. The molecular weight excluding hydrogens is 430 g/mol. The first kappa shape index (κ1) is 21.8. The molecule has 0 saturated heterocycles. The van der Waals surface area contributed by atoms with E-state index in [9.17, 15) is 5.26 Å². The third kappa shape index (κ3) is 4.03. The van der Waals surface area contributed by atoms with Crippen LogP contribution in [-0.4, -0.2) is 33.3 Å². The first-order valence-corrected chi connectivity index (χ1v) is 11.5. The molecule has 3 N–H and O–H groups in total. The van der Waals surface area contributed by atoms with Crippen LogP contribution in [-0.2, 0) is 0 Å². The molecule has 1 aliphatic carbocycles. The number of anilines is 3. The van der Waals surface area contributed by atoms with Gasteiger partial charge in [-0.25, -0.2) is 0 Å². The van der Waals surface area contributed by atoms with Gasteiger partial charge in [0.1, 0.15) is 29.0 Å². The number of ether oxygens (including phenoxy) is 1. The summed E-state index contributed by atoms with van der Waals surface area (Å²) in [6.07, 6.45) is 7.53. The molecule has 5 rings (SSSR count). The highest BCUT2D eigenvalue weighted by Gasteiger charge is 2.20. The molecule has 34 heavy (non-hydrogen) atoms. The van der Waals surface area contributed by atoms with Crippen LogP contribution in [0, 0.1) is 25.2 Å². The van der Waals surface area contributed by atoms with Crippen LogP contribution in [0.3, 0.4) is 0 Å². The molecule has 1 aromatic carbocycles. The van der Waals surface area contributed by atoms with E-state index in [4.69, 9.17) is 14.2 Å². The van der Waals surface area contributed by atoms with E-state index in [1.165, 1.54) is 19.3 Å². The zero-order valence-corrected chi connectivity index (χ0v) is 19.5. The summed E-state index contributed by atoms with van der Waals surface area (Å²) < 4.78 is 11.0. The standard InChI is InChI=1S/C25H27N7O2/c1-14-21(15(2)34-32-14)16-9-10-19(20(11-16)33-3)29-25-30-23-22(17(12-26)13-27-23)24(31-25)28-18-7-5-4-6-8-18/h9-11,13,18H,4-8H2,1-3H3,(H3,27,28,29,30,31). The van der Waals surface area contributed by atoms with Crippen molar-refractivity contribution in [1.82, 2.24) is 20.1 Å². The number of hydrogen-bond acceptors (Lipinski definition) is 8. The van der Waals surface area contributed by atoms with E-state index in [-0.39, 0.29) is 0 Å². The maximum atomic E-state index is 9.57. The Morgan fingerprint density at radius 2 is 2.00 bits per heavy atom. The van der Waals surface area contributed by atoms with Gasteiger partial charge in [0.15, 0.2) is 0 Å². The van der Waals surface area contributed by atoms with Crippen molar-refractivity contribution in [2.45, 2.75) is 52.0 Å². The minimum atomic E-state index is 0.338. The number of fused-ring (bicyclic) bond motifs is 1. The van der Waals surface area contributed by atoms with Crippen molar-refractivity contribution in [3.63, 3.8) is 0 Å². The van der Waals surface area contributed by atoms with Crippen molar-refractivity contribution < 1.29 is 9.26 Å². The van der Waals surface area contributed by atoms with E-state index in [1.54, 1.807) is 13.3 Å². The van der Waals surface area contributed by atoms with Gasteiger partial charge in [0.05, 0.1) is 29.4 Å². The molecule has 1 aliphatic rings. The number of nitrogens with one attached hydrogen (secondary N) is 3. The second kappa shape index (κ2) is 9.06. The average molecular weight is 458 g/mol. The molecule has 0 radical (unpaired) electrons. The summed E-state index contributed by atoms with van der Waals surface area (Å²) >= 11 is 0. The van der Waals surface area contributed by atoms with Crippen molar-refractivity contribution in [2.75, 3.05) is 17.7 Å². The van der Waals surface area contributed by atoms with Gasteiger partial charge in [-0.3, -0.25) is 0 Å². The van der Waals surface area contributed by atoms with Crippen LogP contribution in [0.1, 0.15) is 49.1 Å². The average Bonchev–Trinajstić information content (AvgIpc) is 3.42. The largest absolute Gasteiger partial charge is 0.495 e. The lowest BCUT2D eigenvalue weighted by Gasteiger charge is -2.24. The number of aromatic nitrogens is 4. The Bertz CT molecular complexity index is 1360. The quantitative estimate of drug-likeness (QED) is 0.342. The van der Waals surface area contributed by atoms with Gasteiger partial charge in [0.2, 0.25) is 5.95 Å². The second-order valence-electron chi connectivity index (χ2n) is 8.65. The monoisotopic (exact) mass is 457 g/mol. The molecule has 174 valence electrons. The summed E-state index contributed by atoms with van der Waals surface area (Å²) in [6.45, 7) is 3.81. The van der Waals surface area contributed by atoms with Crippen molar-refractivity contribution in [3.05, 3.63) is 41.4 Å². The van der Waals surface area contributed by atoms with Crippen LogP contribution in [0.2, 0.25) is 0 Å². The Labute approximate surface area is 197 Å². The SMILES string of the molecule is COc1cc(-c2c(C)noc2C)ccc1Nc1nc(NC2CCCCC2)c2c(C#N)c[nH]c2n1. The number of nitriles is 1. The number of rotatable bonds is 6. The molecule has 3 heterocycles. The third-order valence-electron chi connectivity index (χ3n) is 6.37. The molecule has 4 aromatic rings. The van der Waals surface area contributed by atoms with E-state index < -0.39 is 0 Å². The first-order valence-electron chi connectivity index (χ1n) is 11.5. The predicted molar refractivity (Wildman–Crippen MR) is 130 cm³/mol. The maximum absolute atomic E-state index is 9.57. The smallest absolute Gasteiger partial charge is 0.231 e. The Hall–Kier alpha value is -4.06. The lowest BCUT2D eigenvalue weighted by atomic mass is 9.95. The van der Waals surface area contributed by atoms with Gasteiger partial charge in [0.25, 0.3) is 0 Å². The number of hydrogen-bond donors (Lipinski definition) is 3. The van der Waals surface area contributed by atoms with Gasteiger partial charge in [0, 0.05) is 17.8 Å². The molecule has 9 heteroatoms. The summed E-state index contributed by atoms with van der Waals surface area (Å²) in [7, 11) is 1.63. The van der Waals surface area contributed by atoms with Gasteiger partial charge in [-0.05, 0) is 44.4 Å². The van der Waals surface area contributed by atoms with Crippen molar-refractivity contribution in [2.24, 2.45) is 0 Å². The van der Waals surface area contributed by atoms with Gasteiger partial charge in [-0.1, -0.05) is 30.5 Å². The third-order valence-corrected chi connectivity index (χ3v) is 6.37. The molecule has 9 nitrogen and oxygen atoms in total. The van der Waals surface area contributed by atoms with Gasteiger partial charge in [-0.15, -0.1) is 0 Å². The molecule has 1 fully saturated rings. The van der Waals surface area contributed by atoms with E-state index in [0.717, 1.165) is 46.5 Å².